The Labute approximate surface area is 156 Å². The highest BCUT2D eigenvalue weighted by Gasteiger charge is 2.12. The molecule has 0 aliphatic carbocycles. The number of non-ortho nitro benzene ring substituents is 1. The fourth-order valence-corrected chi connectivity index (χ4v) is 2.72. The molecular formula is C19H20N4O4. The number of aliphatic hydroxyl groups excluding tert-OH is 1. The number of benzene rings is 2. The van der Waals surface area contributed by atoms with E-state index in [4.69, 9.17) is 4.74 Å². The zero-order valence-corrected chi connectivity index (χ0v) is 15.1. The smallest absolute Gasteiger partial charge is 0.269 e. The van der Waals surface area contributed by atoms with Gasteiger partial charge in [-0.25, -0.2) is 9.67 Å². The molecule has 0 fully saturated rings. The number of hydrogen-bond acceptors (Lipinski definition) is 6. The third-order valence-corrected chi connectivity index (χ3v) is 4.10. The highest BCUT2D eigenvalue weighted by Crippen LogP contribution is 2.22. The van der Waals surface area contributed by atoms with Gasteiger partial charge in [0.25, 0.3) is 5.69 Å². The highest BCUT2D eigenvalue weighted by molar-refractivity contribution is 5.56. The van der Waals surface area contributed by atoms with Gasteiger partial charge in [-0.1, -0.05) is 18.2 Å². The van der Waals surface area contributed by atoms with Crippen LogP contribution in [-0.2, 0) is 6.54 Å². The molecule has 1 aromatic heterocycles. The fourth-order valence-electron chi connectivity index (χ4n) is 2.72. The summed E-state index contributed by atoms with van der Waals surface area (Å²) >= 11 is 0. The Morgan fingerprint density at radius 2 is 1.85 bits per heavy atom. The Morgan fingerprint density at radius 1 is 1.19 bits per heavy atom. The van der Waals surface area contributed by atoms with Crippen molar-refractivity contribution in [2.24, 2.45) is 0 Å². The second-order valence-electron chi connectivity index (χ2n) is 6.28. The Hall–Kier alpha value is -3.26. The van der Waals surface area contributed by atoms with Crippen LogP contribution in [0.5, 0.6) is 5.75 Å². The molecular weight excluding hydrogens is 348 g/mol. The van der Waals surface area contributed by atoms with E-state index >= 15 is 0 Å². The lowest BCUT2D eigenvalue weighted by atomic mass is 10.1. The lowest BCUT2D eigenvalue weighted by Gasteiger charge is -2.15. The van der Waals surface area contributed by atoms with E-state index in [1.807, 2.05) is 32.0 Å². The Morgan fingerprint density at radius 3 is 2.48 bits per heavy atom. The standard InChI is InChI=1S/C19H20N4O4/c1-13-4-3-5-14(2)18(13)27-11-17(24)10-22-12-20-19(21-22)15-6-8-16(9-7-15)23(25)26/h3-9,12,17,24H,10-11H2,1-2H3. The Kier molecular flexibility index (Phi) is 5.46. The molecule has 0 radical (unpaired) electrons. The van der Waals surface area contributed by atoms with Crippen LogP contribution in [0.4, 0.5) is 5.69 Å². The number of aryl methyl sites for hydroxylation is 2. The molecule has 0 aliphatic heterocycles. The topological polar surface area (TPSA) is 103 Å². The van der Waals surface area contributed by atoms with E-state index in [0.29, 0.717) is 11.4 Å². The lowest BCUT2D eigenvalue weighted by Crippen LogP contribution is -2.24. The second-order valence-corrected chi connectivity index (χ2v) is 6.28. The maximum Gasteiger partial charge on any atom is 0.269 e. The van der Waals surface area contributed by atoms with Crippen molar-refractivity contribution in [3.8, 4) is 17.1 Å². The lowest BCUT2D eigenvalue weighted by molar-refractivity contribution is -0.384. The van der Waals surface area contributed by atoms with Crippen LogP contribution in [-0.4, -0.2) is 37.5 Å². The molecule has 8 heteroatoms. The zero-order chi connectivity index (χ0) is 19.4. The molecule has 0 saturated carbocycles. The quantitative estimate of drug-likeness (QED) is 0.508. The molecule has 8 nitrogen and oxygen atoms in total. The summed E-state index contributed by atoms with van der Waals surface area (Å²) in [5, 5.41) is 25.3. The number of aliphatic hydroxyl groups is 1. The van der Waals surface area contributed by atoms with Crippen molar-refractivity contribution in [1.82, 2.24) is 14.8 Å². The number of aromatic nitrogens is 3. The molecule has 27 heavy (non-hydrogen) atoms. The summed E-state index contributed by atoms with van der Waals surface area (Å²) in [6.45, 7) is 4.29. The minimum Gasteiger partial charge on any atom is -0.490 e. The van der Waals surface area contributed by atoms with Crippen molar-refractivity contribution in [2.45, 2.75) is 26.5 Å². The van der Waals surface area contributed by atoms with Crippen molar-refractivity contribution in [3.05, 3.63) is 70.0 Å². The van der Waals surface area contributed by atoms with Crippen LogP contribution in [0.15, 0.2) is 48.8 Å². The summed E-state index contributed by atoms with van der Waals surface area (Å²) < 4.78 is 7.28. The predicted molar refractivity (Wildman–Crippen MR) is 99.5 cm³/mol. The van der Waals surface area contributed by atoms with Gasteiger partial charge in [0.05, 0.1) is 11.5 Å². The summed E-state index contributed by atoms with van der Waals surface area (Å²) in [6, 6.07) is 11.9. The van der Waals surface area contributed by atoms with Crippen molar-refractivity contribution in [3.63, 3.8) is 0 Å². The SMILES string of the molecule is Cc1cccc(C)c1OCC(O)Cn1cnc(-c2ccc([N+](=O)[O-])cc2)n1. The summed E-state index contributed by atoms with van der Waals surface area (Å²) in [6.07, 6.45) is 0.759. The summed E-state index contributed by atoms with van der Waals surface area (Å²) in [4.78, 5) is 14.4. The molecule has 1 heterocycles. The van der Waals surface area contributed by atoms with E-state index in [-0.39, 0.29) is 18.8 Å². The van der Waals surface area contributed by atoms with Crippen molar-refractivity contribution in [2.75, 3.05) is 6.61 Å². The van der Waals surface area contributed by atoms with E-state index in [2.05, 4.69) is 10.1 Å². The molecule has 3 rings (SSSR count). The average molecular weight is 368 g/mol. The van der Waals surface area contributed by atoms with E-state index in [0.717, 1.165) is 16.9 Å². The van der Waals surface area contributed by atoms with Gasteiger partial charge in [-0.2, -0.15) is 5.10 Å². The van der Waals surface area contributed by atoms with E-state index in [9.17, 15) is 15.2 Å². The van der Waals surface area contributed by atoms with Gasteiger partial charge in [0, 0.05) is 17.7 Å². The molecule has 2 aromatic carbocycles. The van der Waals surface area contributed by atoms with Gasteiger partial charge in [-0.3, -0.25) is 10.1 Å². The number of nitrogens with zero attached hydrogens (tertiary/aromatic N) is 4. The molecule has 140 valence electrons. The van der Waals surface area contributed by atoms with Crippen LogP contribution in [0.25, 0.3) is 11.4 Å². The van der Waals surface area contributed by atoms with Gasteiger partial charge in [-0.05, 0) is 37.1 Å². The first-order valence-corrected chi connectivity index (χ1v) is 8.45. The molecule has 0 spiro atoms. The first kappa shape index (κ1) is 18.5. The second kappa shape index (κ2) is 7.96. The third kappa shape index (κ3) is 4.48. The van der Waals surface area contributed by atoms with Crippen LogP contribution in [0.3, 0.4) is 0 Å². The largest absolute Gasteiger partial charge is 0.490 e. The minimum absolute atomic E-state index is 0.0113. The molecule has 0 bridgehead atoms. The molecule has 0 aliphatic rings. The van der Waals surface area contributed by atoms with E-state index in [1.165, 1.54) is 23.1 Å². The first-order chi connectivity index (χ1) is 12.9. The number of hydrogen-bond donors (Lipinski definition) is 1. The first-order valence-electron chi connectivity index (χ1n) is 8.45. The number of nitro groups is 1. The van der Waals surface area contributed by atoms with Crippen LogP contribution >= 0.6 is 0 Å². The number of para-hydroxylation sites is 1. The number of rotatable bonds is 7. The Balaban J connectivity index is 1.61. The van der Waals surface area contributed by atoms with Crippen LogP contribution in [0, 0.1) is 24.0 Å². The Bertz CT molecular complexity index is 917. The highest BCUT2D eigenvalue weighted by atomic mass is 16.6. The van der Waals surface area contributed by atoms with E-state index < -0.39 is 11.0 Å². The molecule has 3 aromatic rings. The number of nitro benzene ring substituents is 1. The van der Waals surface area contributed by atoms with Crippen molar-refractivity contribution in [1.29, 1.82) is 0 Å². The molecule has 0 saturated heterocycles. The zero-order valence-electron chi connectivity index (χ0n) is 15.1. The maximum absolute atomic E-state index is 10.7. The molecule has 1 unspecified atom stereocenters. The molecule has 0 amide bonds. The van der Waals surface area contributed by atoms with Gasteiger partial charge < -0.3 is 9.84 Å². The molecule has 1 atom stereocenters. The minimum atomic E-state index is -0.754. The fraction of sp³-hybridized carbons (Fsp3) is 0.263. The van der Waals surface area contributed by atoms with E-state index in [1.54, 1.807) is 12.1 Å². The number of ether oxygens (including phenoxy) is 1. The summed E-state index contributed by atoms with van der Waals surface area (Å²) in [5.74, 6) is 1.22. The van der Waals surface area contributed by atoms with Crippen molar-refractivity contribution >= 4 is 5.69 Å². The summed E-state index contributed by atoms with van der Waals surface area (Å²) in [5.41, 5.74) is 2.71. The van der Waals surface area contributed by atoms with Crippen LogP contribution in [0.1, 0.15) is 11.1 Å². The van der Waals surface area contributed by atoms with Gasteiger partial charge in [0.1, 0.15) is 24.8 Å². The van der Waals surface area contributed by atoms with Gasteiger partial charge in [-0.15, -0.1) is 0 Å². The summed E-state index contributed by atoms with van der Waals surface area (Å²) in [7, 11) is 0. The predicted octanol–water partition coefficient (Wildman–Crippen LogP) is 2.91. The average Bonchev–Trinajstić information content (AvgIpc) is 3.09. The van der Waals surface area contributed by atoms with Gasteiger partial charge in [0.15, 0.2) is 5.82 Å². The van der Waals surface area contributed by atoms with Gasteiger partial charge in [0.2, 0.25) is 0 Å². The van der Waals surface area contributed by atoms with Crippen LogP contribution in [0.2, 0.25) is 0 Å². The van der Waals surface area contributed by atoms with Crippen molar-refractivity contribution < 1.29 is 14.8 Å². The van der Waals surface area contributed by atoms with Crippen LogP contribution < -0.4 is 4.74 Å². The normalized spacial score (nSPS) is 12.0. The monoisotopic (exact) mass is 368 g/mol. The third-order valence-electron chi connectivity index (χ3n) is 4.10. The molecule has 1 N–H and O–H groups in total. The van der Waals surface area contributed by atoms with Gasteiger partial charge >= 0.3 is 0 Å². The maximum atomic E-state index is 10.7.